The third-order valence-electron chi connectivity index (χ3n) is 8.11. The molecule has 5 heteroatoms. The molecule has 0 bridgehead atoms. The molecule has 0 radical (unpaired) electrons. The van der Waals surface area contributed by atoms with E-state index < -0.39 is 34.6 Å². The molecule has 2 N–H and O–H groups in total. The fraction of sp³-hybridized carbons (Fsp3) is 0.789. The van der Waals surface area contributed by atoms with Gasteiger partial charge in [-0.3, -0.25) is 9.59 Å². The fourth-order valence-corrected chi connectivity index (χ4v) is 7.21. The van der Waals surface area contributed by atoms with Crippen molar-refractivity contribution in [1.29, 1.82) is 0 Å². The van der Waals surface area contributed by atoms with Crippen LogP contribution < -0.4 is 0 Å². The zero-order chi connectivity index (χ0) is 17.2. The van der Waals surface area contributed by atoms with Gasteiger partial charge in [0.15, 0.2) is 0 Å². The van der Waals surface area contributed by atoms with Crippen LogP contribution in [-0.2, 0) is 14.3 Å². The minimum Gasteiger partial charge on any atom is -0.462 e. The first-order valence-corrected chi connectivity index (χ1v) is 8.97. The van der Waals surface area contributed by atoms with Crippen molar-refractivity contribution < 1.29 is 24.5 Å². The lowest BCUT2D eigenvalue weighted by atomic mass is 9.39. The number of carbonyl (C=O) groups is 2. The maximum absolute atomic E-state index is 13.2. The summed E-state index contributed by atoms with van der Waals surface area (Å²) in [6.45, 7) is 7.68. The normalized spacial score (nSPS) is 60.2. The van der Waals surface area contributed by atoms with Gasteiger partial charge in [-0.1, -0.05) is 12.2 Å². The van der Waals surface area contributed by atoms with Crippen molar-refractivity contribution in [1.82, 2.24) is 0 Å². The van der Waals surface area contributed by atoms with Gasteiger partial charge in [-0.05, 0) is 39.0 Å². The monoisotopic (exact) mass is 332 g/mol. The van der Waals surface area contributed by atoms with Crippen molar-refractivity contribution in [3.63, 3.8) is 0 Å². The number of ketones is 1. The number of aliphatic hydroxyl groups is 2. The molecule has 5 nitrogen and oxygen atoms in total. The molecule has 24 heavy (non-hydrogen) atoms. The van der Waals surface area contributed by atoms with E-state index in [1.807, 2.05) is 6.92 Å². The number of Topliss-reactive ketones (excluding diaryl/α,β-unsaturated/α-hetero) is 1. The summed E-state index contributed by atoms with van der Waals surface area (Å²) in [6.07, 6.45) is 1.54. The van der Waals surface area contributed by atoms with E-state index in [9.17, 15) is 19.8 Å². The Hall–Kier alpha value is -1.20. The highest BCUT2D eigenvalue weighted by Crippen LogP contribution is 2.76. The van der Waals surface area contributed by atoms with Crippen LogP contribution in [0.3, 0.4) is 0 Å². The molecular formula is C19H24O5. The van der Waals surface area contributed by atoms with Crippen LogP contribution in [0.5, 0.6) is 0 Å². The average molecular weight is 332 g/mol. The summed E-state index contributed by atoms with van der Waals surface area (Å²) in [5, 5.41) is 22.0. The summed E-state index contributed by atoms with van der Waals surface area (Å²) in [5.41, 5.74) is -1.80. The van der Waals surface area contributed by atoms with Crippen LogP contribution in [0.15, 0.2) is 12.2 Å². The Morgan fingerprint density at radius 1 is 1.17 bits per heavy atom. The highest BCUT2D eigenvalue weighted by molar-refractivity contribution is 5.93. The van der Waals surface area contributed by atoms with Crippen LogP contribution in [0.25, 0.3) is 0 Å². The predicted octanol–water partition coefficient (Wildman–Crippen LogP) is 1.22. The molecule has 4 saturated carbocycles. The Kier molecular flexibility index (Phi) is 2.49. The highest BCUT2D eigenvalue weighted by Gasteiger charge is 2.83. The Morgan fingerprint density at radius 2 is 1.88 bits per heavy atom. The van der Waals surface area contributed by atoms with Crippen LogP contribution in [0, 0.1) is 35.0 Å². The Bertz CT molecular complexity index is 696. The summed E-state index contributed by atoms with van der Waals surface area (Å²) in [4.78, 5) is 25.9. The van der Waals surface area contributed by atoms with Gasteiger partial charge in [0.25, 0.3) is 0 Å². The Morgan fingerprint density at radius 3 is 2.54 bits per heavy atom. The van der Waals surface area contributed by atoms with E-state index >= 15 is 0 Å². The summed E-state index contributed by atoms with van der Waals surface area (Å²) >= 11 is 0. The number of rotatable bonds is 1. The number of ether oxygens (including phenoxy) is 1. The van der Waals surface area contributed by atoms with Crippen molar-refractivity contribution in [2.24, 2.45) is 35.0 Å². The molecule has 5 fully saturated rings. The second-order valence-corrected chi connectivity index (χ2v) is 9.25. The summed E-state index contributed by atoms with van der Waals surface area (Å²) in [5.74, 6) is -1.73. The topological polar surface area (TPSA) is 83.8 Å². The standard InChI is InChI=1S/C19H24O5/c1-8(2)9-4-18(23)6-10-15(20)13-12-11(7-17(13,3)22)24-16(21)14(12)19(10,18)5-9/h9-14,22-23H,1,4-7H2,2-3H3/t9-,10?,11-,12-,13+,14+,17+,18+,19+/m0/s1. The van der Waals surface area contributed by atoms with Crippen LogP contribution in [0.2, 0.25) is 0 Å². The number of hydrogen-bond acceptors (Lipinski definition) is 5. The fourth-order valence-electron chi connectivity index (χ4n) is 7.21. The van der Waals surface area contributed by atoms with Gasteiger partial charge in [0.2, 0.25) is 0 Å². The molecule has 0 amide bonds. The molecule has 1 heterocycles. The van der Waals surface area contributed by atoms with Crippen molar-refractivity contribution in [3.05, 3.63) is 12.2 Å². The zero-order valence-electron chi connectivity index (χ0n) is 14.1. The van der Waals surface area contributed by atoms with Crippen molar-refractivity contribution >= 4 is 11.8 Å². The molecule has 1 spiro atoms. The maximum Gasteiger partial charge on any atom is 0.310 e. The lowest BCUT2D eigenvalue weighted by Gasteiger charge is -2.64. The van der Waals surface area contributed by atoms with Crippen LogP contribution >= 0.6 is 0 Å². The molecule has 1 saturated heterocycles. The smallest absolute Gasteiger partial charge is 0.310 e. The van der Waals surface area contributed by atoms with E-state index in [0.717, 1.165) is 5.57 Å². The third-order valence-corrected chi connectivity index (χ3v) is 8.11. The van der Waals surface area contributed by atoms with Crippen molar-refractivity contribution in [2.75, 3.05) is 0 Å². The second-order valence-electron chi connectivity index (χ2n) is 9.25. The largest absolute Gasteiger partial charge is 0.462 e. The van der Waals surface area contributed by atoms with E-state index in [2.05, 4.69) is 6.58 Å². The lowest BCUT2D eigenvalue weighted by Crippen LogP contribution is -2.72. The summed E-state index contributed by atoms with van der Waals surface area (Å²) in [7, 11) is 0. The Balaban J connectivity index is 1.66. The third kappa shape index (κ3) is 1.35. The maximum atomic E-state index is 13.2. The number of carbonyl (C=O) groups excluding carboxylic acids is 2. The molecule has 130 valence electrons. The van der Waals surface area contributed by atoms with Crippen LogP contribution in [0.4, 0.5) is 0 Å². The molecule has 5 aliphatic rings. The van der Waals surface area contributed by atoms with Gasteiger partial charge >= 0.3 is 5.97 Å². The number of allylic oxidation sites excluding steroid dienone is 1. The predicted molar refractivity (Wildman–Crippen MR) is 83.6 cm³/mol. The molecule has 0 aromatic rings. The van der Waals surface area contributed by atoms with Gasteiger partial charge in [0, 0.05) is 23.7 Å². The van der Waals surface area contributed by atoms with Gasteiger partial charge in [0.1, 0.15) is 11.9 Å². The SMILES string of the molecule is C=C(C)[C@H]1C[C@@]2(O)CC3C(=O)[C@H]4[C@@H]5[C@H](C[C@@]4(C)O)OC(=O)[C@@H]5[C@@]32C1. The van der Waals surface area contributed by atoms with Crippen molar-refractivity contribution in [3.8, 4) is 0 Å². The van der Waals surface area contributed by atoms with Crippen molar-refractivity contribution in [2.45, 2.75) is 56.8 Å². The van der Waals surface area contributed by atoms with E-state index in [0.29, 0.717) is 25.7 Å². The number of hydrogen-bond donors (Lipinski definition) is 2. The first-order chi connectivity index (χ1) is 11.1. The Labute approximate surface area is 141 Å². The van der Waals surface area contributed by atoms with E-state index in [1.165, 1.54) is 0 Å². The minimum absolute atomic E-state index is 0.0362. The molecular weight excluding hydrogens is 308 g/mol. The number of esters is 1. The van der Waals surface area contributed by atoms with Crippen LogP contribution in [0.1, 0.15) is 39.5 Å². The lowest BCUT2D eigenvalue weighted by molar-refractivity contribution is -0.242. The van der Waals surface area contributed by atoms with Crippen LogP contribution in [-0.4, -0.2) is 39.3 Å². The molecule has 1 unspecified atom stereocenters. The summed E-state index contributed by atoms with van der Waals surface area (Å²) < 4.78 is 5.59. The molecule has 4 aliphatic carbocycles. The average Bonchev–Trinajstić information content (AvgIpc) is 2.95. The molecule has 0 aromatic heterocycles. The first-order valence-electron chi connectivity index (χ1n) is 8.97. The minimum atomic E-state index is -1.12. The quantitative estimate of drug-likeness (QED) is 0.557. The van der Waals surface area contributed by atoms with E-state index in [1.54, 1.807) is 6.92 Å². The second kappa shape index (κ2) is 3.96. The van der Waals surface area contributed by atoms with E-state index in [-0.39, 0.29) is 29.5 Å². The zero-order valence-corrected chi connectivity index (χ0v) is 14.1. The highest BCUT2D eigenvalue weighted by atomic mass is 16.6. The van der Waals surface area contributed by atoms with Gasteiger partial charge in [-0.15, -0.1) is 0 Å². The van der Waals surface area contributed by atoms with Gasteiger partial charge in [-0.2, -0.15) is 0 Å². The molecule has 1 aliphatic heterocycles. The first kappa shape index (κ1) is 15.1. The summed E-state index contributed by atoms with van der Waals surface area (Å²) in [6, 6.07) is 0. The van der Waals surface area contributed by atoms with E-state index in [4.69, 9.17) is 4.74 Å². The molecule has 9 atom stereocenters. The van der Waals surface area contributed by atoms with Gasteiger partial charge in [0.05, 0.1) is 23.0 Å². The molecule has 0 aromatic carbocycles. The van der Waals surface area contributed by atoms with Gasteiger partial charge < -0.3 is 14.9 Å². The molecule has 5 rings (SSSR count). The van der Waals surface area contributed by atoms with Gasteiger partial charge in [-0.25, -0.2) is 0 Å².